The van der Waals surface area contributed by atoms with Gasteiger partial charge in [0.15, 0.2) is 5.44 Å². The molecule has 0 fully saturated rings. The Morgan fingerprint density at radius 1 is 1.64 bits per heavy atom. The van der Waals surface area contributed by atoms with E-state index in [0.29, 0.717) is 5.57 Å². The van der Waals surface area contributed by atoms with Gasteiger partial charge in [-0.15, -0.1) is 0 Å². The van der Waals surface area contributed by atoms with Gasteiger partial charge in [-0.05, 0) is 13.8 Å². The number of esters is 1. The van der Waals surface area contributed by atoms with Gasteiger partial charge in [0, 0.05) is 11.8 Å². The summed E-state index contributed by atoms with van der Waals surface area (Å²) in [7, 11) is -1.13. The molecule has 0 saturated heterocycles. The van der Waals surface area contributed by atoms with Crippen LogP contribution in [0.3, 0.4) is 0 Å². The number of ether oxygens (including phenoxy) is 1. The van der Waals surface area contributed by atoms with Crippen LogP contribution in [0.25, 0.3) is 0 Å². The third-order valence-corrected chi connectivity index (χ3v) is 2.12. The molecular weight excluding hydrogens is 164 g/mol. The highest BCUT2D eigenvalue weighted by Crippen LogP contribution is 2.00. The van der Waals surface area contributed by atoms with Crippen molar-refractivity contribution in [2.24, 2.45) is 0 Å². The molecule has 0 aliphatic carbocycles. The number of rotatable bonds is 3. The van der Waals surface area contributed by atoms with Gasteiger partial charge in [0.2, 0.25) is 0 Å². The van der Waals surface area contributed by atoms with Gasteiger partial charge in [0.1, 0.15) is 0 Å². The summed E-state index contributed by atoms with van der Waals surface area (Å²) in [5.41, 5.74) is -0.235. The first kappa shape index (κ1) is 10.4. The molecule has 0 rings (SSSR count). The van der Waals surface area contributed by atoms with Crippen LogP contribution in [0.2, 0.25) is 0 Å². The van der Waals surface area contributed by atoms with Crippen LogP contribution in [-0.4, -0.2) is 21.9 Å². The Kier molecular flexibility index (Phi) is 4.03. The summed E-state index contributed by atoms with van der Waals surface area (Å²) >= 11 is 0. The fourth-order valence-electron chi connectivity index (χ4n) is 0.319. The largest absolute Gasteiger partial charge is 0.446 e. The molecule has 0 spiro atoms. The molecule has 0 N–H and O–H groups in total. The van der Waals surface area contributed by atoms with Gasteiger partial charge >= 0.3 is 5.97 Å². The highest BCUT2D eigenvalue weighted by Gasteiger charge is 2.11. The van der Waals surface area contributed by atoms with Crippen molar-refractivity contribution >= 4 is 16.8 Å². The highest BCUT2D eigenvalue weighted by atomic mass is 32.2. The van der Waals surface area contributed by atoms with Gasteiger partial charge in [-0.1, -0.05) is 6.58 Å². The van der Waals surface area contributed by atoms with Crippen molar-refractivity contribution in [3.8, 4) is 0 Å². The molecule has 0 radical (unpaired) electrons. The quantitative estimate of drug-likeness (QED) is 0.472. The SMILES string of the molecule is C=C(C)C(=O)OC(C)S(C)=O. The van der Waals surface area contributed by atoms with Crippen molar-refractivity contribution in [1.82, 2.24) is 0 Å². The molecular formula is C7H12O3S. The molecule has 64 valence electrons. The number of hydrogen-bond donors (Lipinski definition) is 0. The average molecular weight is 176 g/mol. The van der Waals surface area contributed by atoms with Crippen LogP contribution in [0.1, 0.15) is 13.8 Å². The second-order valence-electron chi connectivity index (χ2n) is 2.25. The van der Waals surface area contributed by atoms with Gasteiger partial charge in [-0.3, -0.25) is 4.21 Å². The van der Waals surface area contributed by atoms with E-state index in [1.807, 2.05) is 0 Å². The minimum atomic E-state index is -1.13. The normalized spacial score (nSPS) is 15.2. The van der Waals surface area contributed by atoms with Crippen LogP contribution in [0.4, 0.5) is 0 Å². The van der Waals surface area contributed by atoms with Crippen molar-refractivity contribution in [3.05, 3.63) is 12.2 Å². The smallest absolute Gasteiger partial charge is 0.334 e. The predicted octanol–water partition coefficient (Wildman–Crippen LogP) is 0.830. The van der Waals surface area contributed by atoms with Crippen LogP contribution < -0.4 is 0 Å². The van der Waals surface area contributed by atoms with E-state index < -0.39 is 22.2 Å². The lowest BCUT2D eigenvalue weighted by Crippen LogP contribution is -2.19. The Morgan fingerprint density at radius 3 is 2.36 bits per heavy atom. The molecule has 2 unspecified atom stereocenters. The monoisotopic (exact) mass is 176 g/mol. The summed E-state index contributed by atoms with van der Waals surface area (Å²) in [5, 5.41) is 0. The van der Waals surface area contributed by atoms with Crippen LogP contribution in [0.5, 0.6) is 0 Å². The Morgan fingerprint density at radius 2 is 2.09 bits per heavy atom. The van der Waals surface area contributed by atoms with E-state index in [2.05, 4.69) is 6.58 Å². The summed E-state index contributed by atoms with van der Waals surface area (Å²) in [6.45, 7) is 6.52. The maximum absolute atomic E-state index is 10.8. The Labute approximate surface area is 68.9 Å². The molecule has 0 aliphatic heterocycles. The fraction of sp³-hybridized carbons (Fsp3) is 0.571. The molecule has 0 heterocycles. The van der Waals surface area contributed by atoms with Gasteiger partial charge in [0.05, 0.1) is 10.8 Å². The second kappa shape index (κ2) is 4.28. The highest BCUT2D eigenvalue weighted by molar-refractivity contribution is 7.84. The molecule has 0 bridgehead atoms. The number of hydrogen-bond acceptors (Lipinski definition) is 3. The molecule has 0 aromatic heterocycles. The lowest BCUT2D eigenvalue weighted by Gasteiger charge is -2.09. The number of carbonyl (C=O) groups excluding carboxylic acids is 1. The Bertz CT molecular complexity index is 198. The van der Waals surface area contributed by atoms with Gasteiger partial charge < -0.3 is 4.74 Å². The van der Waals surface area contributed by atoms with Crippen LogP contribution in [0, 0.1) is 0 Å². The van der Waals surface area contributed by atoms with Crippen molar-refractivity contribution in [1.29, 1.82) is 0 Å². The van der Waals surface area contributed by atoms with Crippen molar-refractivity contribution < 1.29 is 13.7 Å². The Balaban J connectivity index is 3.95. The van der Waals surface area contributed by atoms with E-state index in [1.54, 1.807) is 13.8 Å². The number of carbonyl (C=O) groups is 1. The van der Waals surface area contributed by atoms with E-state index in [9.17, 15) is 9.00 Å². The zero-order valence-corrected chi connectivity index (χ0v) is 7.73. The molecule has 0 aromatic carbocycles. The summed E-state index contributed by atoms with van der Waals surface area (Å²) in [4.78, 5) is 10.8. The zero-order valence-electron chi connectivity index (χ0n) is 6.92. The molecule has 11 heavy (non-hydrogen) atoms. The molecule has 3 nitrogen and oxygen atoms in total. The summed E-state index contributed by atoms with van der Waals surface area (Å²) < 4.78 is 15.4. The molecule has 2 atom stereocenters. The van der Waals surface area contributed by atoms with Crippen molar-refractivity contribution in [2.75, 3.05) is 6.26 Å². The predicted molar refractivity (Wildman–Crippen MR) is 44.4 cm³/mol. The van der Waals surface area contributed by atoms with Crippen LogP contribution in [0.15, 0.2) is 12.2 Å². The first-order valence-electron chi connectivity index (χ1n) is 3.14. The zero-order chi connectivity index (χ0) is 9.02. The molecule has 0 amide bonds. The minimum Gasteiger partial charge on any atom is -0.446 e. The topological polar surface area (TPSA) is 43.4 Å². The van der Waals surface area contributed by atoms with E-state index >= 15 is 0 Å². The van der Waals surface area contributed by atoms with E-state index in [4.69, 9.17) is 4.74 Å². The van der Waals surface area contributed by atoms with E-state index in [-0.39, 0.29) is 0 Å². The summed E-state index contributed by atoms with van der Waals surface area (Å²) in [6, 6.07) is 0. The lowest BCUT2D eigenvalue weighted by atomic mass is 10.4. The van der Waals surface area contributed by atoms with E-state index in [0.717, 1.165) is 0 Å². The molecule has 0 saturated carbocycles. The fourth-order valence-corrected chi connectivity index (χ4v) is 0.542. The maximum atomic E-state index is 10.8. The second-order valence-corrected chi connectivity index (χ2v) is 3.91. The average Bonchev–Trinajstić information content (AvgIpc) is 1.87. The van der Waals surface area contributed by atoms with E-state index in [1.165, 1.54) is 6.26 Å². The van der Waals surface area contributed by atoms with Crippen molar-refractivity contribution in [3.63, 3.8) is 0 Å². The third kappa shape index (κ3) is 3.93. The maximum Gasteiger partial charge on any atom is 0.334 e. The summed E-state index contributed by atoms with van der Waals surface area (Å²) in [6.07, 6.45) is 1.48. The van der Waals surface area contributed by atoms with Gasteiger partial charge in [0.25, 0.3) is 0 Å². The molecule has 0 aromatic rings. The first-order chi connectivity index (χ1) is 4.95. The Hall–Kier alpha value is -0.640. The third-order valence-electron chi connectivity index (χ3n) is 1.09. The van der Waals surface area contributed by atoms with Crippen LogP contribution >= 0.6 is 0 Å². The summed E-state index contributed by atoms with van der Waals surface area (Å²) in [5.74, 6) is -0.493. The van der Waals surface area contributed by atoms with Gasteiger partial charge in [-0.25, -0.2) is 4.79 Å². The lowest BCUT2D eigenvalue weighted by molar-refractivity contribution is -0.139. The van der Waals surface area contributed by atoms with Crippen molar-refractivity contribution in [2.45, 2.75) is 19.3 Å². The first-order valence-corrected chi connectivity index (χ1v) is 4.76. The minimum absolute atomic E-state index is 0.322. The van der Waals surface area contributed by atoms with Gasteiger partial charge in [-0.2, -0.15) is 0 Å². The molecule has 4 heteroatoms. The standard InChI is InChI=1S/C7H12O3S/c1-5(2)7(8)10-6(3)11(4)9/h6H,1H2,2-4H3. The van der Waals surface area contributed by atoms with Crippen LogP contribution in [-0.2, 0) is 20.3 Å². The molecule has 0 aliphatic rings.